The van der Waals surface area contributed by atoms with E-state index in [9.17, 15) is 10.1 Å². The van der Waals surface area contributed by atoms with Crippen LogP contribution in [0.3, 0.4) is 0 Å². The van der Waals surface area contributed by atoms with E-state index in [0.29, 0.717) is 5.69 Å². The van der Waals surface area contributed by atoms with Gasteiger partial charge >= 0.3 is 5.82 Å². The van der Waals surface area contributed by atoms with Gasteiger partial charge in [-0.05, 0) is 18.8 Å². The average Bonchev–Trinajstić information content (AvgIpc) is 2.55. The van der Waals surface area contributed by atoms with Gasteiger partial charge in [0.15, 0.2) is 5.69 Å². The fourth-order valence-corrected chi connectivity index (χ4v) is 1.21. The Bertz CT molecular complexity index is 292. The third kappa shape index (κ3) is 1.77. The largest absolute Gasteiger partial charge is 0.413 e. The number of nitrogens with zero attached hydrogens (tertiary/aromatic N) is 3. The number of hydrogen-bond acceptors (Lipinski definition) is 4. The van der Waals surface area contributed by atoms with Crippen LogP contribution in [-0.2, 0) is 0 Å². The van der Waals surface area contributed by atoms with Crippen molar-refractivity contribution >= 4 is 11.5 Å². The van der Waals surface area contributed by atoms with E-state index >= 15 is 0 Å². The van der Waals surface area contributed by atoms with Crippen LogP contribution in [0, 0.1) is 10.1 Å². The second-order valence-electron chi connectivity index (χ2n) is 2.52. The van der Waals surface area contributed by atoms with Crippen molar-refractivity contribution in [3.63, 3.8) is 0 Å². The highest BCUT2D eigenvalue weighted by Gasteiger charge is 2.20. The average molecular weight is 184 g/mol. The Morgan fingerprint density at radius 2 is 2.23 bits per heavy atom. The topological polar surface area (TPSA) is 75.1 Å². The summed E-state index contributed by atoms with van der Waals surface area (Å²) in [6.45, 7) is 5.36. The maximum atomic E-state index is 10.5. The maximum absolute atomic E-state index is 10.5. The number of aromatic amines is 1. The molecule has 6 heteroatoms. The Labute approximate surface area is 75.7 Å². The molecule has 0 aliphatic rings. The number of H-pyrrole nitrogens is 1. The number of rotatable bonds is 4. The van der Waals surface area contributed by atoms with E-state index in [0.717, 1.165) is 13.1 Å². The lowest BCUT2D eigenvalue weighted by atomic mass is 10.4. The minimum absolute atomic E-state index is 0.108. The molecule has 1 aromatic heterocycles. The van der Waals surface area contributed by atoms with E-state index in [1.54, 1.807) is 6.20 Å². The SMILES string of the molecule is CCN(CC)c1c[nH]nc1[N+](=O)[O-]. The van der Waals surface area contributed by atoms with Gasteiger partial charge in [0.1, 0.15) is 0 Å². The van der Waals surface area contributed by atoms with Crippen molar-refractivity contribution < 1.29 is 4.92 Å². The Balaban J connectivity index is 2.98. The Morgan fingerprint density at radius 3 is 2.69 bits per heavy atom. The van der Waals surface area contributed by atoms with Crippen molar-refractivity contribution in [2.75, 3.05) is 18.0 Å². The normalized spacial score (nSPS) is 10.0. The zero-order valence-electron chi connectivity index (χ0n) is 7.65. The van der Waals surface area contributed by atoms with Gasteiger partial charge in [-0.2, -0.15) is 5.10 Å². The van der Waals surface area contributed by atoms with Crippen molar-refractivity contribution in [1.82, 2.24) is 10.2 Å². The van der Waals surface area contributed by atoms with Crippen molar-refractivity contribution in [3.8, 4) is 0 Å². The van der Waals surface area contributed by atoms with Gasteiger partial charge in [-0.25, -0.2) is 0 Å². The van der Waals surface area contributed by atoms with E-state index in [1.807, 2.05) is 18.7 Å². The molecule has 72 valence electrons. The van der Waals surface area contributed by atoms with Gasteiger partial charge in [-0.15, -0.1) is 0 Å². The Kier molecular flexibility index (Phi) is 2.84. The molecule has 0 aliphatic heterocycles. The van der Waals surface area contributed by atoms with Crippen LogP contribution in [0.4, 0.5) is 11.5 Å². The van der Waals surface area contributed by atoms with Gasteiger partial charge in [0.05, 0.1) is 11.3 Å². The molecule has 13 heavy (non-hydrogen) atoms. The molecule has 0 amide bonds. The van der Waals surface area contributed by atoms with Gasteiger partial charge in [0, 0.05) is 13.1 Å². The third-order valence-electron chi connectivity index (χ3n) is 1.88. The second-order valence-corrected chi connectivity index (χ2v) is 2.52. The minimum atomic E-state index is -0.482. The molecule has 0 bridgehead atoms. The van der Waals surface area contributed by atoms with Crippen molar-refractivity contribution in [3.05, 3.63) is 16.3 Å². The first-order chi connectivity index (χ1) is 6.20. The summed E-state index contributed by atoms with van der Waals surface area (Å²) in [6.07, 6.45) is 1.55. The summed E-state index contributed by atoms with van der Waals surface area (Å²) >= 11 is 0. The lowest BCUT2D eigenvalue weighted by molar-refractivity contribution is -0.388. The van der Waals surface area contributed by atoms with Gasteiger partial charge in [-0.1, -0.05) is 0 Å². The van der Waals surface area contributed by atoms with Crippen LogP contribution in [0.2, 0.25) is 0 Å². The molecule has 0 saturated carbocycles. The zero-order valence-corrected chi connectivity index (χ0v) is 7.65. The monoisotopic (exact) mass is 184 g/mol. The summed E-state index contributed by atoms with van der Waals surface area (Å²) in [7, 11) is 0. The second kappa shape index (κ2) is 3.88. The number of hydrogen-bond donors (Lipinski definition) is 1. The number of nitrogens with one attached hydrogen (secondary N) is 1. The molecule has 1 rings (SSSR count). The summed E-state index contributed by atoms with van der Waals surface area (Å²) in [4.78, 5) is 11.9. The van der Waals surface area contributed by atoms with E-state index in [1.165, 1.54) is 0 Å². The molecule has 0 aromatic carbocycles. The predicted molar refractivity (Wildman–Crippen MR) is 48.8 cm³/mol. The molecule has 0 saturated heterocycles. The van der Waals surface area contributed by atoms with Gasteiger partial charge < -0.3 is 15.0 Å². The van der Waals surface area contributed by atoms with Crippen LogP contribution in [0.25, 0.3) is 0 Å². The lowest BCUT2D eigenvalue weighted by Gasteiger charge is -2.17. The summed E-state index contributed by atoms with van der Waals surface area (Å²) in [6, 6.07) is 0. The molecule has 0 fully saturated rings. The van der Waals surface area contributed by atoms with Crippen LogP contribution in [0.5, 0.6) is 0 Å². The van der Waals surface area contributed by atoms with Crippen LogP contribution in [-0.4, -0.2) is 28.2 Å². The molecule has 0 spiro atoms. The molecule has 1 heterocycles. The van der Waals surface area contributed by atoms with Crippen LogP contribution < -0.4 is 4.90 Å². The quantitative estimate of drug-likeness (QED) is 0.562. The number of anilines is 1. The van der Waals surface area contributed by atoms with Crippen molar-refractivity contribution in [1.29, 1.82) is 0 Å². The minimum Gasteiger partial charge on any atom is -0.364 e. The van der Waals surface area contributed by atoms with E-state index in [4.69, 9.17) is 0 Å². The van der Waals surface area contributed by atoms with Crippen LogP contribution in [0.1, 0.15) is 13.8 Å². The molecule has 1 aromatic rings. The predicted octanol–water partition coefficient (Wildman–Crippen LogP) is 1.16. The fourth-order valence-electron chi connectivity index (χ4n) is 1.21. The molecule has 0 radical (unpaired) electrons. The molecular formula is C7H12N4O2. The molecule has 0 atom stereocenters. The van der Waals surface area contributed by atoms with Crippen molar-refractivity contribution in [2.45, 2.75) is 13.8 Å². The van der Waals surface area contributed by atoms with E-state index in [2.05, 4.69) is 10.2 Å². The molecule has 1 N–H and O–H groups in total. The highest BCUT2D eigenvalue weighted by molar-refractivity contribution is 5.57. The van der Waals surface area contributed by atoms with Gasteiger partial charge in [0.2, 0.25) is 0 Å². The molecular weight excluding hydrogens is 172 g/mol. The highest BCUT2D eigenvalue weighted by atomic mass is 16.6. The summed E-state index contributed by atoms with van der Waals surface area (Å²) in [5.74, 6) is -0.108. The third-order valence-corrected chi connectivity index (χ3v) is 1.88. The lowest BCUT2D eigenvalue weighted by Crippen LogP contribution is -2.22. The molecule has 0 unspecified atom stereocenters. The van der Waals surface area contributed by atoms with E-state index < -0.39 is 4.92 Å². The summed E-state index contributed by atoms with van der Waals surface area (Å²) < 4.78 is 0. The van der Waals surface area contributed by atoms with E-state index in [-0.39, 0.29) is 5.82 Å². The van der Waals surface area contributed by atoms with Crippen LogP contribution in [0.15, 0.2) is 6.20 Å². The van der Waals surface area contributed by atoms with Gasteiger partial charge in [-0.3, -0.25) is 0 Å². The smallest absolute Gasteiger partial charge is 0.364 e. The maximum Gasteiger partial charge on any atom is 0.413 e. The van der Waals surface area contributed by atoms with Crippen LogP contribution >= 0.6 is 0 Å². The first-order valence-electron chi connectivity index (χ1n) is 4.13. The zero-order chi connectivity index (χ0) is 9.84. The highest BCUT2D eigenvalue weighted by Crippen LogP contribution is 2.23. The number of aromatic nitrogens is 2. The summed E-state index contributed by atoms with van der Waals surface area (Å²) in [5.41, 5.74) is 0.551. The van der Waals surface area contributed by atoms with Crippen molar-refractivity contribution in [2.24, 2.45) is 0 Å². The summed E-state index contributed by atoms with van der Waals surface area (Å²) in [5, 5.41) is 16.6. The standard InChI is InChI=1S/C7H12N4O2/c1-3-10(4-2)6-5-8-9-7(6)11(12)13/h5H,3-4H2,1-2H3,(H,8,9). The number of nitro groups is 1. The molecule has 6 nitrogen and oxygen atoms in total. The Morgan fingerprint density at radius 1 is 1.62 bits per heavy atom. The first kappa shape index (κ1) is 9.50. The Hall–Kier alpha value is -1.59. The van der Waals surface area contributed by atoms with Gasteiger partial charge in [0.25, 0.3) is 0 Å². The first-order valence-corrected chi connectivity index (χ1v) is 4.13. The molecule has 0 aliphatic carbocycles. The fraction of sp³-hybridized carbons (Fsp3) is 0.571.